The molecule has 120 valence electrons. The van der Waals surface area contributed by atoms with Crippen molar-refractivity contribution >= 4 is 5.65 Å². The zero-order valence-electron chi connectivity index (χ0n) is 13.2. The molecule has 1 fully saturated rings. The second-order valence-corrected chi connectivity index (χ2v) is 6.37. The Kier molecular flexibility index (Phi) is 4.03. The highest BCUT2D eigenvalue weighted by Crippen LogP contribution is 2.22. The standard InChI is InChI=1S/C15H22N4O3/c1-15(2)10-18(8-12(22-15)9-21-3)7-11-6-14(20)19-13(17-11)4-5-16-19/h4-6,12,16H,7-10H2,1-3H3/t12-/m0/s1. The maximum atomic E-state index is 12.0. The summed E-state index contributed by atoms with van der Waals surface area (Å²) in [7, 11) is 1.68. The third kappa shape index (κ3) is 3.21. The summed E-state index contributed by atoms with van der Waals surface area (Å²) in [5, 5.41) is 2.85. The van der Waals surface area contributed by atoms with Crippen LogP contribution in [0.25, 0.3) is 5.65 Å². The number of H-pyrrole nitrogens is 1. The van der Waals surface area contributed by atoms with Gasteiger partial charge in [-0.1, -0.05) is 0 Å². The molecule has 22 heavy (non-hydrogen) atoms. The fourth-order valence-corrected chi connectivity index (χ4v) is 3.10. The van der Waals surface area contributed by atoms with Crippen LogP contribution in [-0.4, -0.2) is 58.0 Å². The van der Waals surface area contributed by atoms with Gasteiger partial charge in [0.1, 0.15) is 0 Å². The van der Waals surface area contributed by atoms with Crippen molar-refractivity contribution in [1.82, 2.24) is 19.5 Å². The molecule has 2 aromatic rings. The van der Waals surface area contributed by atoms with Crippen molar-refractivity contribution in [3.63, 3.8) is 0 Å². The Morgan fingerprint density at radius 3 is 3.14 bits per heavy atom. The number of aromatic nitrogens is 3. The minimum absolute atomic E-state index is 0.0332. The van der Waals surface area contributed by atoms with Crippen LogP contribution < -0.4 is 5.56 Å². The average Bonchev–Trinajstić information content (AvgIpc) is 2.85. The van der Waals surface area contributed by atoms with Gasteiger partial charge in [0.25, 0.3) is 5.56 Å². The number of rotatable bonds is 4. The third-order valence-corrected chi connectivity index (χ3v) is 3.72. The molecule has 1 N–H and O–H groups in total. The van der Waals surface area contributed by atoms with Gasteiger partial charge in [0, 0.05) is 45.1 Å². The lowest BCUT2D eigenvalue weighted by Gasteiger charge is -2.42. The van der Waals surface area contributed by atoms with E-state index in [1.165, 1.54) is 4.52 Å². The molecular formula is C15H22N4O3. The lowest BCUT2D eigenvalue weighted by molar-refractivity contribution is -0.154. The van der Waals surface area contributed by atoms with Crippen molar-refractivity contribution < 1.29 is 9.47 Å². The Hall–Kier alpha value is -1.70. The molecule has 1 aliphatic rings. The summed E-state index contributed by atoms with van der Waals surface area (Å²) in [5.74, 6) is 0. The van der Waals surface area contributed by atoms with Crippen LogP contribution >= 0.6 is 0 Å². The molecule has 0 spiro atoms. The first-order chi connectivity index (χ1) is 10.5. The third-order valence-electron chi connectivity index (χ3n) is 3.72. The molecule has 1 saturated heterocycles. The number of nitrogens with zero attached hydrogens (tertiary/aromatic N) is 3. The van der Waals surface area contributed by atoms with Gasteiger partial charge in [0.2, 0.25) is 0 Å². The molecular weight excluding hydrogens is 284 g/mol. The van der Waals surface area contributed by atoms with E-state index in [2.05, 4.69) is 28.8 Å². The highest BCUT2D eigenvalue weighted by atomic mass is 16.5. The molecule has 0 radical (unpaired) electrons. The van der Waals surface area contributed by atoms with Gasteiger partial charge in [-0.25, -0.2) is 9.50 Å². The largest absolute Gasteiger partial charge is 0.382 e. The summed E-state index contributed by atoms with van der Waals surface area (Å²) < 4.78 is 12.7. The van der Waals surface area contributed by atoms with Crippen LogP contribution in [0.1, 0.15) is 19.5 Å². The van der Waals surface area contributed by atoms with Crippen LogP contribution in [0, 0.1) is 0 Å². The predicted octanol–water partition coefficient (Wildman–Crippen LogP) is 0.648. The van der Waals surface area contributed by atoms with E-state index in [0.29, 0.717) is 18.8 Å². The van der Waals surface area contributed by atoms with E-state index >= 15 is 0 Å². The Morgan fingerprint density at radius 1 is 1.55 bits per heavy atom. The summed E-state index contributed by atoms with van der Waals surface area (Å²) in [5.41, 5.74) is 1.09. The van der Waals surface area contributed by atoms with E-state index in [1.807, 2.05) is 0 Å². The van der Waals surface area contributed by atoms with Crippen molar-refractivity contribution in [2.75, 3.05) is 26.8 Å². The van der Waals surface area contributed by atoms with Crippen molar-refractivity contribution in [3.8, 4) is 0 Å². The predicted molar refractivity (Wildman–Crippen MR) is 81.9 cm³/mol. The fourth-order valence-electron chi connectivity index (χ4n) is 3.10. The van der Waals surface area contributed by atoms with Crippen molar-refractivity contribution in [2.24, 2.45) is 0 Å². The number of aromatic amines is 1. The summed E-state index contributed by atoms with van der Waals surface area (Å²) in [6.45, 7) is 6.89. The van der Waals surface area contributed by atoms with E-state index in [0.717, 1.165) is 18.8 Å². The first-order valence-electron chi connectivity index (χ1n) is 7.42. The molecule has 0 aliphatic carbocycles. The molecule has 0 bridgehead atoms. The molecule has 1 aliphatic heterocycles. The Labute approximate surface area is 128 Å². The first-order valence-corrected chi connectivity index (χ1v) is 7.42. The van der Waals surface area contributed by atoms with Crippen LogP contribution in [0.3, 0.4) is 0 Å². The smallest absolute Gasteiger partial charge is 0.272 e. The van der Waals surface area contributed by atoms with Crippen LogP contribution in [0.2, 0.25) is 0 Å². The summed E-state index contributed by atoms with van der Waals surface area (Å²) >= 11 is 0. The minimum atomic E-state index is -0.241. The Bertz CT molecular complexity index is 706. The molecule has 0 unspecified atom stereocenters. The lowest BCUT2D eigenvalue weighted by Crippen LogP contribution is -2.53. The van der Waals surface area contributed by atoms with Crippen LogP contribution in [0.5, 0.6) is 0 Å². The molecule has 0 aromatic carbocycles. The van der Waals surface area contributed by atoms with E-state index < -0.39 is 0 Å². The zero-order chi connectivity index (χ0) is 15.7. The molecule has 1 atom stereocenters. The van der Waals surface area contributed by atoms with Gasteiger partial charge >= 0.3 is 0 Å². The van der Waals surface area contributed by atoms with Gasteiger partial charge < -0.3 is 9.47 Å². The van der Waals surface area contributed by atoms with E-state index in [-0.39, 0.29) is 17.3 Å². The molecule has 3 rings (SSSR count). The van der Waals surface area contributed by atoms with Crippen molar-refractivity contribution in [3.05, 3.63) is 34.4 Å². The normalized spacial score (nSPS) is 22.2. The maximum absolute atomic E-state index is 12.0. The summed E-state index contributed by atoms with van der Waals surface area (Å²) in [6.07, 6.45) is 1.74. The highest BCUT2D eigenvalue weighted by molar-refractivity contribution is 5.36. The van der Waals surface area contributed by atoms with Crippen molar-refractivity contribution in [1.29, 1.82) is 0 Å². The zero-order valence-corrected chi connectivity index (χ0v) is 13.2. The topological polar surface area (TPSA) is 71.9 Å². The van der Waals surface area contributed by atoms with Crippen LogP contribution in [-0.2, 0) is 16.0 Å². The monoisotopic (exact) mass is 306 g/mol. The van der Waals surface area contributed by atoms with E-state index in [4.69, 9.17) is 9.47 Å². The Balaban J connectivity index is 1.79. The number of morpholine rings is 1. The second kappa shape index (κ2) is 5.83. The quantitative estimate of drug-likeness (QED) is 0.898. The number of ether oxygens (including phenoxy) is 2. The highest BCUT2D eigenvalue weighted by Gasteiger charge is 2.33. The SMILES string of the molecule is COC[C@@H]1CN(Cc2cc(=O)n3[nH]ccc3n2)CC(C)(C)O1. The van der Waals surface area contributed by atoms with E-state index in [1.54, 1.807) is 25.4 Å². The molecule has 2 aromatic heterocycles. The molecule has 0 saturated carbocycles. The average molecular weight is 306 g/mol. The van der Waals surface area contributed by atoms with Gasteiger partial charge in [0.15, 0.2) is 5.65 Å². The summed E-state index contributed by atoms with van der Waals surface area (Å²) in [6, 6.07) is 3.37. The van der Waals surface area contributed by atoms with E-state index in [9.17, 15) is 4.79 Å². The number of nitrogens with one attached hydrogen (secondary N) is 1. The van der Waals surface area contributed by atoms with Gasteiger partial charge in [-0.2, -0.15) is 0 Å². The van der Waals surface area contributed by atoms with Crippen LogP contribution in [0.15, 0.2) is 23.1 Å². The van der Waals surface area contributed by atoms with Gasteiger partial charge in [-0.15, -0.1) is 0 Å². The Morgan fingerprint density at radius 2 is 2.36 bits per heavy atom. The second-order valence-electron chi connectivity index (χ2n) is 6.37. The fraction of sp³-hybridized carbons (Fsp3) is 0.600. The maximum Gasteiger partial charge on any atom is 0.272 e. The summed E-state index contributed by atoms with van der Waals surface area (Å²) in [4.78, 5) is 18.8. The van der Waals surface area contributed by atoms with Crippen LogP contribution in [0.4, 0.5) is 0 Å². The first kappa shape index (κ1) is 15.2. The molecule has 7 nitrogen and oxygen atoms in total. The number of hydrogen-bond donors (Lipinski definition) is 1. The van der Waals surface area contributed by atoms with Gasteiger partial charge in [-0.05, 0) is 13.8 Å². The number of fused-ring (bicyclic) bond motifs is 1. The number of methoxy groups -OCH3 is 1. The van der Waals surface area contributed by atoms with Gasteiger partial charge in [-0.3, -0.25) is 14.8 Å². The lowest BCUT2D eigenvalue weighted by atomic mass is 10.1. The molecule has 7 heteroatoms. The van der Waals surface area contributed by atoms with Gasteiger partial charge in [0.05, 0.1) is 24.0 Å². The number of hydrogen-bond acceptors (Lipinski definition) is 5. The molecule has 0 amide bonds. The minimum Gasteiger partial charge on any atom is -0.382 e. The molecule has 3 heterocycles. The van der Waals surface area contributed by atoms with Crippen molar-refractivity contribution in [2.45, 2.75) is 32.1 Å².